The maximum absolute atomic E-state index is 13.6. The van der Waals surface area contributed by atoms with E-state index in [1.807, 2.05) is 34.9 Å². The van der Waals surface area contributed by atoms with Gasteiger partial charge < -0.3 is 23.7 Å². The molecular weight excluding hydrogens is 508 g/mol. The van der Waals surface area contributed by atoms with Crippen LogP contribution in [-0.4, -0.2) is 55.3 Å². The zero-order chi connectivity index (χ0) is 23.5. The highest BCUT2D eigenvalue weighted by molar-refractivity contribution is 9.11. The fourth-order valence-corrected chi connectivity index (χ4v) is 5.84. The number of esters is 1. The summed E-state index contributed by atoms with van der Waals surface area (Å²) in [7, 11) is 3.24. The van der Waals surface area contributed by atoms with Gasteiger partial charge in [-0.15, -0.1) is 11.3 Å². The van der Waals surface area contributed by atoms with Crippen LogP contribution in [0, 0.1) is 5.92 Å². The number of benzene rings is 1. The van der Waals surface area contributed by atoms with E-state index in [0.717, 1.165) is 32.4 Å². The number of ether oxygens (including phenoxy) is 3. The lowest BCUT2D eigenvalue weighted by atomic mass is 9.98. The number of rotatable bonds is 7. The number of likely N-dealkylation sites (tertiary alicyclic amines) is 1. The van der Waals surface area contributed by atoms with Gasteiger partial charge in [-0.3, -0.25) is 9.59 Å². The molecule has 4 rings (SSSR count). The molecular formula is C24H27BrN2O5S. The molecule has 9 heteroatoms. The Balaban J connectivity index is 1.67. The second-order valence-electron chi connectivity index (χ2n) is 7.98. The normalized spacial score (nSPS) is 16.1. The standard InChI is InChI=1S/C24H27BrN2O5S/c1-4-32-24(29)16-6-5-7-26(14-16)23(28)20-11-21-19(12-22(25)33-21)27(20)13-15-8-17(30-2)10-18(9-15)31-3/h8-12,16H,4-7,13-14H2,1-3H3. The van der Waals surface area contributed by atoms with Crippen molar-refractivity contribution in [3.63, 3.8) is 0 Å². The molecule has 1 aromatic carbocycles. The van der Waals surface area contributed by atoms with E-state index < -0.39 is 0 Å². The second-order valence-corrected chi connectivity index (χ2v) is 10.4. The van der Waals surface area contributed by atoms with Crippen LogP contribution in [0.1, 0.15) is 35.8 Å². The maximum atomic E-state index is 13.6. The van der Waals surface area contributed by atoms with Crippen LogP contribution in [-0.2, 0) is 16.1 Å². The minimum absolute atomic E-state index is 0.0709. The van der Waals surface area contributed by atoms with E-state index in [9.17, 15) is 9.59 Å². The van der Waals surface area contributed by atoms with Gasteiger partial charge in [-0.1, -0.05) is 0 Å². The van der Waals surface area contributed by atoms with Gasteiger partial charge >= 0.3 is 5.97 Å². The van der Waals surface area contributed by atoms with Crippen LogP contribution >= 0.6 is 27.3 Å². The quantitative estimate of drug-likeness (QED) is 0.401. The van der Waals surface area contributed by atoms with Crippen LogP contribution in [0.2, 0.25) is 0 Å². The average Bonchev–Trinajstić information content (AvgIpc) is 3.35. The number of nitrogens with zero attached hydrogens (tertiary/aromatic N) is 2. The van der Waals surface area contributed by atoms with E-state index in [1.54, 1.807) is 37.4 Å². The van der Waals surface area contributed by atoms with E-state index >= 15 is 0 Å². The number of hydrogen-bond donors (Lipinski definition) is 0. The summed E-state index contributed by atoms with van der Waals surface area (Å²) < 4.78 is 20.1. The van der Waals surface area contributed by atoms with Crippen LogP contribution in [0.15, 0.2) is 34.1 Å². The highest BCUT2D eigenvalue weighted by Crippen LogP contribution is 2.34. The molecule has 1 aliphatic rings. The fourth-order valence-electron chi connectivity index (χ4n) is 4.28. The Morgan fingerprint density at radius 3 is 2.52 bits per heavy atom. The number of methoxy groups -OCH3 is 2. The molecule has 3 aromatic rings. The SMILES string of the molecule is CCOC(=O)C1CCCN(C(=O)c2cc3sc(Br)cc3n2Cc2cc(OC)cc(OC)c2)C1. The number of piperidine rings is 1. The Hall–Kier alpha value is -2.52. The summed E-state index contributed by atoms with van der Waals surface area (Å²) >= 11 is 5.15. The largest absolute Gasteiger partial charge is 0.497 e. The predicted octanol–water partition coefficient (Wildman–Crippen LogP) is 4.95. The van der Waals surface area contributed by atoms with Crippen LogP contribution in [0.4, 0.5) is 0 Å². The van der Waals surface area contributed by atoms with Gasteiger partial charge in [0.25, 0.3) is 5.91 Å². The number of hydrogen-bond acceptors (Lipinski definition) is 6. The molecule has 2 aromatic heterocycles. The molecule has 3 heterocycles. The van der Waals surface area contributed by atoms with Gasteiger partial charge in [0.15, 0.2) is 0 Å². The molecule has 7 nitrogen and oxygen atoms in total. The van der Waals surface area contributed by atoms with Crippen LogP contribution in [0.5, 0.6) is 11.5 Å². The lowest BCUT2D eigenvalue weighted by Gasteiger charge is -2.31. The third kappa shape index (κ3) is 5.04. The minimum Gasteiger partial charge on any atom is -0.497 e. The fraction of sp³-hybridized carbons (Fsp3) is 0.417. The maximum Gasteiger partial charge on any atom is 0.310 e. The molecule has 0 bridgehead atoms. The Labute approximate surface area is 205 Å². The monoisotopic (exact) mass is 534 g/mol. The zero-order valence-corrected chi connectivity index (χ0v) is 21.3. The van der Waals surface area contributed by atoms with E-state index in [2.05, 4.69) is 15.9 Å². The molecule has 0 N–H and O–H groups in total. The highest BCUT2D eigenvalue weighted by atomic mass is 79.9. The Morgan fingerprint density at radius 2 is 1.85 bits per heavy atom. The zero-order valence-electron chi connectivity index (χ0n) is 18.9. The highest BCUT2D eigenvalue weighted by Gasteiger charge is 2.31. The summed E-state index contributed by atoms with van der Waals surface area (Å²) in [4.78, 5) is 27.7. The Kier molecular flexibility index (Phi) is 7.29. The molecule has 0 radical (unpaired) electrons. The minimum atomic E-state index is -0.274. The van der Waals surface area contributed by atoms with Crippen molar-refractivity contribution >= 4 is 49.4 Å². The first-order valence-corrected chi connectivity index (χ1v) is 12.5. The van der Waals surface area contributed by atoms with Crippen LogP contribution < -0.4 is 9.47 Å². The number of fused-ring (bicyclic) bond motifs is 1. The van der Waals surface area contributed by atoms with Gasteiger partial charge in [0.1, 0.15) is 17.2 Å². The molecule has 1 saturated heterocycles. The van der Waals surface area contributed by atoms with Gasteiger partial charge in [-0.2, -0.15) is 0 Å². The number of carbonyl (C=O) groups is 2. The molecule has 0 aliphatic carbocycles. The first-order valence-electron chi connectivity index (χ1n) is 10.9. The third-order valence-electron chi connectivity index (χ3n) is 5.86. The Bertz CT molecular complexity index is 1150. The van der Waals surface area contributed by atoms with Crippen molar-refractivity contribution < 1.29 is 23.8 Å². The van der Waals surface area contributed by atoms with Crippen LogP contribution in [0.25, 0.3) is 10.2 Å². The third-order valence-corrected chi connectivity index (χ3v) is 7.43. The molecule has 1 amide bonds. The summed E-state index contributed by atoms with van der Waals surface area (Å²) in [6, 6.07) is 9.69. The van der Waals surface area contributed by atoms with E-state index in [1.165, 1.54) is 0 Å². The van der Waals surface area contributed by atoms with Gasteiger partial charge in [0, 0.05) is 25.7 Å². The number of halogens is 1. The molecule has 0 saturated carbocycles. The van der Waals surface area contributed by atoms with E-state index in [0.29, 0.717) is 43.4 Å². The van der Waals surface area contributed by atoms with E-state index in [4.69, 9.17) is 14.2 Å². The number of thiophene rings is 1. The number of amides is 1. The van der Waals surface area contributed by atoms with Crippen molar-refractivity contribution in [3.8, 4) is 11.5 Å². The van der Waals surface area contributed by atoms with Crippen molar-refractivity contribution in [2.24, 2.45) is 5.92 Å². The summed E-state index contributed by atoms with van der Waals surface area (Å²) in [5.74, 6) is 0.821. The lowest BCUT2D eigenvalue weighted by Crippen LogP contribution is -2.43. The molecule has 1 fully saturated rings. The second kappa shape index (κ2) is 10.2. The lowest BCUT2D eigenvalue weighted by molar-refractivity contribution is -0.149. The molecule has 1 atom stereocenters. The topological polar surface area (TPSA) is 70.0 Å². The van der Waals surface area contributed by atoms with Crippen molar-refractivity contribution in [1.29, 1.82) is 0 Å². The van der Waals surface area contributed by atoms with Gasteiger partial charge in [-0.05, 0) is 65.5 Å². The van der Waals surface area contributed by atoms with Crippen molar-refractivity contribution in [3.05, 3.63) is 45.4 Å². The first kappa shape index (κ1) is 23.6. The number of carbonyl (C=O) groups excluding carboxylic acids is 2. The molecule has 33 heavy (non-hydrogen) atoms. The Morgan fingerprint density at radius 1 is 1.12 bits per heavy atom. The molecule has 0 spiro atoms. The predicted molar refractivity (Wildman–Crippen MR) is 131 cm³/mol. The van der Waals surface area contributed by atoms with Gasteiger partial charge in [0.05, 0.1) is 40.7 Å². The average molecular weight is 535 g/mol. The van der Waals surface area contributed by atoms with Crippen molar-refractivity contribution in [2.75, 3.05) is 33.9 Å². The van der Waals surface area contributed by atoms with Crippen LogP contribution in [0.3, 0.4) is 0 Å². The summed E-state index contributed by atoms with van der Waals surface area (Å²) in [6.07, 6.45) is 1.53. The smallest absolute Gasteiger partial charge is 0.310 e. The first-order chi connectivity index (χ1) is 15.9. The summed E-state index contributed by atoms with van der Waals surface area (Å²) in [5.41, 5.74) is 2.55. The van der Waals surface area contributed by atoms with E-state index in [-0.39, 0.29) is 17.8 Å². The summed E-state index contributed by atoms with van der Waals surface area (Å²) in [6.45, 7) is 3.64. The molecule has 176 valence electrons. The van der Waals surface area contributed by atoms with Crippen molar-refractivity contribution in [2.45, 2.75) is 26.3 Å². The molecule has 1 aliphatic heterocycles. The van der Waals surface area contributed by atoms with Gasteiger partial charge in [0.2, 0.25) is 0 Å². The summed E-state index contributed by atoms with van der Waals surface area (Å²) in [5, 5.41) is 0. The van der Waals surface area contributed by atoms with Gasteiger partial charge in [-0.25, -0.2) is 0 Å². The number of aromatic nitrogens is 1. The molecule has 1 unspecified atom stereocenters. The van der Waals surface area contributed by atoms with Crippen molar-refractivity contribution in [1.82, 2.24) is 9.47 Å².